The third-order valence-electron chi connectivity index (χ3n) is 3.80. The molecule has 152 valence electrons. The van der Waals surface area contributed by atoms with Gasteiger partial charge in [0.25, 0.3) is 0 Å². The van der Waals surface area contributed by atoms with Crippen molar-refractivity contribution in [3.63, 3.8) is 0 Å². The van der Waals surface area contributed by atoms with Crippen LogP contribution >= 0.6 is 11.8 Å². The molecular formula is C15H21NO9S2. The predicted molar refractivity (Wildman–Crippen MR) is 96.2 cm³/mol. The van der Waals surface area contributed by atoms with Gasteiger partial charge in [0.15, 0.2) is 0 Å². The van der Waals surface area contributed by atoms with Gasteiger partial charge in [0, 0.05) is 6.42 Å². The number of thioether (sulfide) groups is 1. The van der Waals surface area contributed by atoms with E-state index >= 15 is 0 Å². The Hall–Kier alpha value is -1.25. The van der Waals surface area contributed by atoms with Crippen molar-refractivity contribution in [1.29, 1.82) is 0 Å². The zero-order valence-electron chi connectivity index (χ0n) is 14.0. The van der Waals surface area contributed by atoms with E-state index in [4.69, 9.17) is 9.29 Å². The Bertz CT molecular complexity index is 726. The van der Waals surface area contributed by atoms with Crippen LogP contribution in [0.4, 0.5) is 0 Å². The molecule has 1 fully saturated rings. The molecule has 0 aliphatic carbocycles. The molecule has 10 nitrogen and oxygen atoms in total. The molecule has 5 N–H and O–H groups in total. The van der Waals surface area contributed by atoms with Gasteiger partial charge in [-0.25, -0.2) is 4.28 Å². The highest BCUT2D eigenvalue weighted by molar-refractivity contribution is 8.14. The SMILES string of the molecule is O=S(=O)(O)ON=C(CCc1ccccc1)S[C@@H]1O[C@@H](CO)[C@H](O)[C@@H](O)[C@@H]1O. The second-order valence-electron chi connectivity index (χ2n) is 5.79. The number of rotatable bonds is 7. The zero-order chi connectivity index (χ0) is 20.0. The molecule has 2 rings (SSSR count). The van der Waals surface area contributed by atoms with Crippen LogP contribution in [0.3, 0.4) is 0 Å². The standard InChI is InChI=1S/C15H21NO9S2/c17-8-10-12(18)13(19)14(20)15(24-10)26-11(16-25-27(21,22)23)7-6-9-4-2-1-3-5-9/h1-5,10,12-15,17-20H,6-8H2,(H,21,22,23)/t10-,12-,13+,14-,15-/m0/s1. The van der Waals surface area contributed by atoms with E-state index in [1.165, 1.54) is 0 Å². The second-order valence-corrected chi connectivity index (χ2v) is 7.96. The van der Waals surface area contributed by atoms with E-state index in [0.29, 0.717) is 6.42 Å². The van der Waals surface area contributed by atoms with Crippen molar-refractivity contribution in [1.82, 2.24) is 0 Å². The third kappa shape index (κ3) is 6.69. The van der Waals surface area contributed by atoms with Gasteiger partial charge in [0.1, 0.15) is 34.9 Å². The van der Waals surface area contributed by atoms with E-state index in [1.807, 2.05) is 30.3 Å². The Morgan fingerprint density at radius 1 is 1.15 bits per heavy atom. The lowest BCUT2D eigenvalue weighted by Crippen LogP contribution is -2.57. The van der Waals surface area contributed by atoms with Crippen LogP contribution in [0.2, 0.25) is 0 Å². The molecule has 1 aliphatic heterocycles. The van der Waals surface area contributed by atoms with Gasteiger partial charge in [-0.05, 0) is 12.0 Å². The van der Waals surface area contributed by atoms with Crippen LogP contribution in [-0.4, -0.2) is 74.9 Å². The lowest BCUT2D eigenvalue weighted by atomic mass is 10.0. The fourth-order valence-corrected chi connectivity index (χ4v) is 3.71. The maximum absolute atomic E-state index is 10.8. The van der Waals surface area contributed by atoms with Crippen molar-refractivity contribution in [3.05, 3.63) is 35.9 Å². The topological polar surface area (TPSA) is 166 Å². The quantitative estimate of drug-likeness (QED) is 0.163. The molecule has 1 aromatic carbocycles. The Morgan fingerprint density at radius 3 is 2.41 bits per heavy atom. The Morgan fingerprint density at radius 2 is 1.81 bits per heavy atom. The molecular weight excluding hydrogens is 402 g/mol. The molecule has 1 aliphatic rings. The van der Waals surface area contributed by atoms with Gasteiger partial charge in [0.05, 0.1) is 6.61 Å². The molecule has 1 heterocycles. The minimum atomic E-state index is -4.82. The van der Waals surface area contributed by atoms with E-state index in [2.05, 4.69) is 9.44 Å². The van der Waals surface area contributed by atoms with Gasteiger partial charge in [-0.3, -0.25) is 4.55 Å². The van der Waals surface area contributed by atoms with Gasteiger partial charge < -0.3 is 25.2 Å². The molecule has 12 heteroatoms. The van der Waals surface area contributed by atoms with Crippen LogP contribution in [0.1, 0.15) is 12.0 Å². The highest BCUT2D eigenvalue weighted by atomic mass is 32.3. The summed E-state index contributed by atoms with van der Waals surface area (Å²) in [5.41, 5.74) is -0.230. The Labute approximate surface area is 160 Å². The smallest absolute Gasteiger partial charge is 0.394 e. The first-order valence-electron chi connectivity index (χ1n) is 7.95. The highest BCUT2D eigenvalue weighted by Gasteiger charge is 2.44. The largest absolute Gasteiger partial charge is 0.466 e. The van der Waals surface area contributed by atoms with Crippen LogP contribution in [0.25, 0.3) is 0 Å². The predicted octanol–water partition coefficient (Wildman–Crippen LogP) is -0.715. The fourth-order valence-electron chi connectivity index (χ4n) is 2.41. The van der Waals surface area contributed by atoms with Crippen molar-refractivity contribution in [2.24, 2.45) is 5.16 Å². The number of hydrogen-bond donors (Lipinski definition) is 5. The first kappa shape index (κ1) is 22.0. The Kier molecular flexibility index (Phi) is 8.00. The molecule has 0 saturated carbocycles. The molecule has 0 amide bonds. The number of nitrogens with zero attached hydrogens (tertiary/aromatic N) is 1. The normalized spacial score (nSPS) is 29.5. The van der Waals surface area contributed by atoms with Crippen molar-refractivity contribution >= 4 is 27.2 Å². The Balaban J connectivity index is 2.12. The number of aliphatic hydroxyl groups is 4. The lowest BCUT2D eigenvalue weighted by Gasteiger charge is -2.39. The summed E-state index contributed by atoms with van der Waals surface area (Å²) in [5.74, 6) is 0. The molecule has 0 unspecified atom stereocenters. The van der Waals surface area contributed by atoms with E-state index in [1.54, 1.807) is 0 Å². The van der Waals surface area contributed by atoms with Gasteiger partial charge in [-0.1, -0.05) is 47.2 Å². The molecule has 1 saturated heterocycles. The summed E-state index contributed by atoms with van der Waals surface area (Å²) in [4.78, 5) is 0. The summed E-state index contributed by atoms with van der Waals surface area (Å²) >= 11 is 0.754. The van der Waals surface area contributed by atoms with Gasteiger partial charge in [-0.2, -0.15) is 8.42 Å². The minimum Gasteiger partial charge on any atom is -0.394 e. The fraction of sp³-hybridized carbons (Fsp3) is 0.533. The molecule has 0 aromatic heterocycles. The number of oxime groups is 1. The summed E-state index contributed by atoms with van der Waals surface area (Å²) in [6.07, 6.45) is -5.11. The lowest BCUT2D eigenvalue weighted by molar-refractivity contribution is -0.205. The zero-order valence-corrected chi connectivity index (χ0v) is 15.7. The minimum absolute atomic E-state index is 0.0563. The first-order chi connectivity index (χ1) is 12.7. The van der Waals surface area contributed by atoms with Crippen molar-refractivity contribution in [2.75, 3.05) is 6.61 Å². The highest BCUT2D eigenvalue weighted by Crippen LogP contribution is 2.30. The molecule has 1 aromatic rings. The maximum Gasteiger partial charge on any atom is 0.466 e. The van der Waals surface area contributed by atoms with Gasteiger partial charge in [0.2, 0.25) is 0 Å². The van der Waals surface area contributed by atoms with E-state index in [0.717, 1.165) is 17.3 Å². The average Bonchev–Trinajstić information content (AvgIpc) is 2.64. The van der Waals surface area contributed by atoms with E-state index in [-0.39, 0.29) is 11.5 Å². The summed E-state index contributed by atoms with van der Waals surface area (Å²) in [5, 5.41) is 42.4. The van der Waals surface area contributed by atoms with Crippen molar-refractivity contribution < 1.29 is 42.4 Å². The molecule has 5 atom stereocenters. The summed E-state index contributed by atoms with van der Waals surface area (Å²) in [6, 6.07) is 9.18. The maximum atomic E-state index is 10.8. The summed E-state index contributed by atoms with van der Waals surface area (Å²) < 4.78 is 39.7. The third-order valence-corrected chi connectivity index (χ3v) is 5.24. The van der Waals surface area contributed by atoms with Crippen LogP contribution in [0.15, 0.2) is 35.5 Å². The average molecular weight is 423 g/mol. The van der Waals surface area contributed by atoms with Crippen LogP contribution in [0, 0.1) is 0 Å². The molecule has 0 radical (unpaired) electrons. The van der Waals surface area contributed by atoms with Crippen molar-refractivity contribution in [2.45, 2.75) is 42.7 Å². The molecule has 0 spiro atoms. The van der Waals surface area contributed by atoms with Crippen molar-refractivity contribution in [3.8, 4) is 0 Å². The second kappa shape index (κ2) is 9.80. The monoisotopic (exact) mass is 423 g/mol. The van der Waals surface area contributed by atoms with Gasteiger partial charge in [-0.15, -0.1) is 0 Å². The number of aliphatic hydroxyl groups excluding tert-OH is 4. The number of hydrogen-bond acceptors (Lipinski definition) is 10. The van der Waals surface area contributed by atoms with Crippen LogP contribution < -0.4 is 0 Å². The number of aryl methyl sites for hydroxylation is 1. The molecule has 27 heavy (non-hydrogen) atoms. The van der Waals surface area contributed by atoms with E-state index in [9.17, 15) is 28.8 Å². The number of ether oxygens (including phenoxy) is 1. The van der Waals surface area contributed by atoms with Gasteiger partial charge >= 0.3 is 10.4 Å². The van der Waals surface area contributed by atoms with E-state index < -0.39 is 46.9 Å². The number of benzene rings is 1. The van der Waals surface area contributed by atoms with Crippen LogP contribution in [-0.2, 0) is 25.8 Å². The first-order valence-corrected chi connectivity index (χ1v) is 10.2. The summed E-state index contributed by atoms with van der Waals surface area (Å²) in [6.45, 7) is -0.597. The molecule has 0 bridgehead atoms. The van der Waals surface area contributed by atoms with Crippen LogP contribution in [0.5, 0.6) is 0 Å². The summed E-state index contributed by atoms with van der Waals surface area (Å²) in [7, 11) is -4.82.